The number of halogens is 1. The third-order valence-corrected chi connectivity index (χ3v) is 6.59. The van der Waals surface area contributed by atoms with Gasteiger partial charge in [-0.3, -0.25) is 4.79 Å². The van der Waals surface area contributed by atoms with Crippen LogP contribution in [0.4, 0.5) is 0 Å². The lowest BCUT2D eigenvalue weighted by Gasteiger charge is -2.22. The second-order valence-electron chi connectivity index (χ2n) is 8.62. The van der Waals surface area contributed by atoms with Crippen LogP contribution >= 0.6 is 24.0 Å². The maximum atomic E-state index is 11.8. The van der Waals surface area contributed by atoms with Crippen molar-refractivity contribution in [1.82, 2.24) is 15.1 Å². The van der Waals surface area contributed by atoms with Crippen molar-refractivity contribution in [2.75, 3.05) is 26.2 Å². The molecule has 2 aliphatic heterocycles. The van der Waals surface area contributed by atoms with Gasteiger partial charge in [0.1, 0.15) is 0 Å². The molecule has 3 aliphatic rings. The van der Waals surface area contributed by atoms with Crippen LogP contribution in [0.3, 0.4) is 0 Å². The summed E-state index contributed by atoms with van der Waals surface area (Å²) in [5.74, 6) is 3.09. The Kier molecular flexibility index (Phi) is 8.21. The van der Waals surface area contributed by atoms with Gasteiger partial charge in [0, 0.05) is 39.1 Å². The first-order chi connectivity index (χ1) is 13.7. The highest BCUT2D eigenvalue weighted by Gasteiger charge is 2.35. The first-order valence-electron chi connectivity index (χ1n) is 11.1. The molecule has 160 valence electrons. The summed E-state index contributed by atoms with van der Waals surface area (Å²) in [5.41, 5.74) is 2.43. The van der Waals surface area contributed by atoms with E-state index in [0.29, 0.717) is 13.0 Å². The topological polar surface area (TPSA) is 47.9 Å². The predicted octanol–water partition coefficient (Wildman–Crippen LogP) is 4.01. The van der Waals surface area contributed by atoms with Crippen molar-refractivity contribution in [2.24, 2.45) is 16.8 Å². The fraction of sp³-hybridized carbons (Fsp3) is 0.652. The molecule has 1 aliphatic carbocycles. The van der Waals surface area contributed by atoms with Gasteiger partial charge in [0.2, 0.25) is 5.91 Å². The van der Waals surface area contributed by atoms with E-state index in [1.807, 2.05) is 4.90 Å². The monoisotopic (exact) mass is 510 g/mol. The van der Waals surface area contributed by atoms with Crippen molar-refractivity contribution in [2.45, 2.75) is 58.5 Å². The standard InChI is InChI=1S/C23H34N4O.HI/c1-2-24-23(27-16-20-6-3-4-7-21(20)17-27)25-14-18-9-11-19(12-10-18)15-26-13-5-8-22(26)28;/h9-12,20-21H,2-8,13-17H2,1H3,(H,24,25);1H. The predicted molar refractivity (Wildman–Crippen MR) is 128 cm³/mol. The number of guanidine groups is 1. The molecule has 2 saturated heterocycles. The van der Waals surface area contributed by atoms with E-state index < -0.39 is 0 Å². The SMILES string of the molecule is CCNC(=NCc1ccc(CN2CCCC2=O)cc1)N1CC2CCCCC2C1.I. The Hall–Kier alpha value is -1.31. The molecule has 2 atom stereocenters. The molecule has 1 amide bonds. The van der Waals surface area contributed by atoms with Crippen LogP contribution in [0, 0.1) is 11.8 Å². The summed E-state index contributed by atoms with van der Waals surface area (Å²) < 4.78 is 0. The lowest BCUT2D eigenvalue weighted by atomic mass is 9.82. The first kappa shape index (κ1) is 22.4. The molecule has 4 rings (SSSR count). The molecule has 0 aromatic heterocycles. The molecule has 3 fully saturated rings. The fourth-order valence-electron chi connectivity index (χ4n) is 5.01. The molecule has 1 aromatic carbocycles. The minimum Gasteiger partial charge on any atom is -0.357 e. The smallest absolute Gasteiger partial charge is 0.222 e. The fourth-order valence-corrected chi connectivity index (χ4v) is 5.01. The highest BCUT2D eigenvalue weighted by molar-refractivity contribution is 14.0. The lowest BCUT2D eigenvalue weighted by Crippen LogP contribution is -2.40. The molecular weight excluding hydrogens is 475 g/mol. The van der Waals surface area contributed by atoms with Crippen LogP contribution in [-0.2, 0) is 17.9 Å². The molecule has 0 radical (unpaired) electrons. The van der Waals surface area contributed by atoms with Gasteiger partial charge in [-0.05, 0) is 49.1 Å². The molecule has 0 spiro atoms. The van der Waals surface area contributed by atoms with Gasteiger partial charge in [-0.25, -0.2) is 4.99 Å². The normalized spacial score (nSPS) is 24.4. The van der Waals surface area contributed by atoms with Crippen LogP contribution < -0.4 is 5.32 Å². The Morgan fingerprint density at radius 3 is 2.31 bits per heavy atom. The summed E-state index contributed by atoms with van der Waals surface area (Å²) in [7, 11) is 0. The number of benzene rings is 1. The zero-order chi connectivity index (χ0) is 19.3. The number of nitrogens with zero attached hydrogens (tertiary/aromatic N) is 3. The number of rotatable bonds is 5. The summed E-state index contributed by atoms with van der Waals surface area (Å²) in [6, 6.07) is 8.61. The number of carbonyl (C=O) groups is 1. The van der Waals surface area contributed by atoms with Crippen LogP contribution in [0.5, 0.6) is 0 Å². The second-order valence-corrected chi connectivity index (χ2v) is 8.62. The molecule has 0 bridgehead atoms. The van der Waals surface area contributed by atoms with Crippen molar-refractivity contribution in [3.8, 4) is 0 Å². The van der Waals surface area contributed by atoms with Gasteiger partial charge in [-0.2, -0.15) is 0 Å². The molecule has 1 saturated carbocycles. The molecule has 29 heavy (non-hydrogen) atoms. The summed E-state index contributed by atoms with van der Waals surface area (Å²) in [6.07, 6.45) is 7.29. The van der Waals surface area contributed by atoms with Crippen LogP contribution in [0.1, 0.15) is 56.6 Å². The summed E-state index contributed by atoms with van der Waals surface area (Å²) in [4.78, 5) is 21.2. The summed E-state index contributed by atoms with van der Waals surface area (Å²) >= 11 is 0. The average Bonchev–Trinajstić information content (AvgIpc) is 3.32. The van der Waals surface area contributed by atoms with Gasteiger partial charge < -0.3 is 15.1 Å². The number of amides is 1. The van der Waals surface area contributed by atoms with Crippen LogP contribution in [0.15, 0.2) is 29.3 Å². The Balaban J connectivity index is 0.00000240. The minimum atomic E-state index is 0. The maximum Gasteiger partial charge on any atom is 0.222 e. The lowest BCUT2D eigenvalue weighted by molar-refractivity contribution is -0.128. The van der Waals surface area contributed by atoms with Crippen LogP contribution in [0.25, 0.3) is 0 Å². The number of carbonyl (C=O) groups excluding carboxylic acids is 1. The number of hydrogen-bond donors (Lipinski definition) is 1. The van der Waals surface area contributed by atoms with Gasteiger partial charge in [-0.1, -0.05) is 37.1 Å². The van der Waals surface area contributed by atoms with Crippen LogP contribution in [0.2, 0.25) is 0 Å². The average molecular weight is 510 g/mol. The van der Waals surface area contributed by atoms with E-state index in [4.69, 9.17) is 4.99 Å². The molecule has 2 heterocycles. The second kappa shape index (κ2) is 10.6. The van der Waals surface area contributed by atoms with E-state index in [2.05, 4.69) is 41.4 Å². The Labute approximate surface area is 192 Å². The van der Waals surface area contributed by atoms with E-state index in [1.54, 1.807) is 0 Å². The van der Waals surface area contributed by atoms with E-state index in [1.165, 1.54) is 49.9 Å². The number of hydrogen-bond acceptors (Lipinski definition) is 2. The van der Waals surface area contributed by atoms with Crippen molar-refractivity contribution in [3.05, 3.63) is 35.4 Å². The van der Waals surface area contributed by atoms with Crippen LogP contribution in [-0.4, -0.2) is 47.8 Å². The third-order valence-electron chi connectivity index (χ3n) is 6.59. The number of nitrogens with one attached hydrogen (secondary N) is 1. The maximum absolute atomic E-state index is 11.8. The van der Waals surface area contributed by atoms with Gasteiger partial charge >= 0.3 is 0 Å². The Morgan fingerprint density at radius 1 is 1.07 bits per heavy atom. The minimum absolute atomic E-state index is 0. The van der Waals surface area contributed by atoms with E-state index >= 15 is 0 Å². The highest BCUT2D eigenvalue weighted by atomic mass is 127. The molecule has 2 unspecified atom stereocenters. The largest absolute Gasteiger partial charge is 0.357 e. The Morgan fingerprint density at radius 2 is 1.72 bits per heavy atom. The van der Waals surface area contributed by atoms with Gasteiger partial charge in [0.25, 0.3) is 0 Å². The van der Waals surface area contributed by atoms with Crippen molar-refractivity contribution in [3.63, 3.8) is 0 Å². The van der Waals surface area contributed by atoms with Crippen molar-refractivity contribution in [1.29, 1.82) is 0 Å². The summed E-state index contributed by atoms with van der Waals surface area (Å²) in [5, 5.41) is 3.50. The summed E-state index contributed by atoms with van der Waals surface area (Å²) in [6.45, 7) is 7.73. The first-order valence-corrected chi connectivity index (χ1v) is 11.1. The number of fused-ring (bicyclic) bond motifs is 1. The molecule has 1 aromatic rings. The van der Waals surface area contributed by atoms with E-state index in [-0.39, 0.29) is 29.9 Å². The highest BCUT2D eigenvalue weighted by Crippen LogP contribution is 2.36. The van der Waals surface area contributed by atoms with Gasteiger partial charge in [-0.15, -0.1) is 24.0 Å². The van der Waals surface area contributed by atoms with Crippen molar-refractivity contribution < 1.29 is 4.79 Å². The van der Waals surface area contributed by atoms with E-state index in [9.17, 15) is 4.79 Å². The number of aliphatic imine (C=N–C) groups is 1. The van der Waals surface area contributed by atoms with Crippen molar-refractivity contribution >= 4 is 35.8 Å². The number of likely N-dealkylation sites (tertiary alicyclic amines) is 2. The zero-order valence-electron chi connectivity index (χ0n) is 17.6. The third kappa shape index (κ3) is 5.64. The Bertz CT molecular complexity index is 691. The molecule has 6 heteroatoms. The van der Waals surface area contributed by atoms with Gasteiger partial charge in [0.15, 0.2) is 5.96 Å². The quantitative estimate of drug-likeness (QED) is 0.370. The molecule has 5 nitrogen and oxygen atoms in total. The van der Waals surface area contributed by atoms with E-state index in [0.717, 1.165) is 43.9 Å². The van der Waals surface area contributed by atoms with Gasteiger partial charge in [0.05, 0.1) is 6.54 Å². The molecular formula is C23H35IN4O. The zero-order valence-corrected chi connectivity index (χ0v) is 19.9. The molecule has 1 N–H and O–H groups in total.